The standard InChI is InChI=1S/C15H26N4/c1-5-9-16-14-10(2)15(19-12(4)18-14)17-11(3)13-7-6-8-13/h11,13H,5-9H2,1-4H3,(H2,16,17,18,19). The number of hydrogen-bond acceptors (Lipinski definition) is 4. The lowest BCUT2D eigenvalue weighted by atomic mass is 9.80. The minimum atomic E-state index is 0.501. The Morgan fingerprint density at radius 3 is 2.47 bits per heavy atom. The topological polar surface area (TPSA) is 49.8 Å². The van der Waals surface area contributed by atoms with Gasteiger partial charge in [-0.1, -0.05) is 13.3 Å². The monoisotopic (exact) mass is 262 g/mol. The predicted octanol–water partition coefficient (Wildman–Crippen LogP) is 3.52. The van der Waals surface area contributed by atoms with E-state index in [2.05, 4.69) is 41.4 Å². The molecule has 1 aliphatic rings. The third kappa shape index (κ3) is 3.37. The molecule has 0 aliphatic heterocycles. The molecule has 0 amide bonds. The molecule has 4 nitrogen and oxygen atoms in total. The van der Waals surface area contributed by atoms with Crippen LogP contribution in [0.15, 0.2) is 0 Å². The molecule has 1 unspecified atom stereocenters. The van der Waals surface area contributed by atoms with Crippen LogP contribution in [0.1, 0.15) is 50.9 Å². The second-order valence-corrected chi connectivity index (χ2v) is 5.64. The summed E-state index contributed by atoms with van der Waals surface area (Å²) in [5.41, 5.74) is 1.13. The summed E-state index contributed by atoms with van der Waals surface area (Å²) < 4.78 is 0. The van der Waals surface area contributed by atoms with Crippen molar-refractivity contribution in [3.8, 4) is 0 Å². The van der Waals surface area contributed by atoms with E-state index in [0.29, 0.717) is 6.04 Å². The highest BCUT2D eigenvalue weighted by Gasteiger charge is 2.24. The number of nitrogens with zero attached hydrogens (tertiary/aromatic N) is 2. The van der Waals surface area contributed by atoms with Gasteiger partial charge in [0.25, 0.3) is 0 Å². The highest BCUT2D eigenvalue weighted by atomic mass is 15.1. The van der Waals surface area contributed by atoms with Crippen molar-refractivity contribution in [2.24, 2.45) is 5.92 Å². The van der Waals surface area contributed by atoms with Crippen molar-refractivity contribution in [3.05, 3.63) is 11.4 Å². The van der Waals surface area contributed by atoms with Crippen LogP contribution in [-0.4, -0.2) is 22.6 Å². The predicted molar refractivity (Wildman–Crippen MR) is 80.7 cm³/mol. The zero-order chi connectivity index (χ0) is 13.8. The van der Waals surface area contributed by atoms with Crippen LogP contribution in [0.25, 0.3) is 0 Å². The first-order valence-corrected chi connectivity index (χ1v) is 7.47. The summed E-state index contributed by atoms with van der Waals surface area (Å²) in [4.78, 5) is 9.05. The molecular weight excluding hydrogens is 236 g/mol. The van der Waals surface area contributed by atoms with Crippen LogP contribution in [0, 0.1) is 19.8 Å². The summed E-state index contributed by atoms with van der Waals surface area (Å²) in [7, 11) is 0. The molecule has 1 aliphatic carbocycles. The number of anilines is 2. The lowest BCUT2D eigenvalue weighted by Gasteiger charge is -2.32. The van der Waals surface area contributed by atoms with Gasteiger partial charge in [-0.3, -0.25) is 0 Å². The van der Waals surface area contributed by atoms with Gasteiger partial charge >= 0.3 is 0 Å². The molecule has 0 bridgehead atoms. The molecule has 106 valence electrons. The van der Waals surface area contributed by atoms with E-state index in [1.807, 2.05) is 6.92 Å². The highest BCUT2D eigenvalue weighted by Crippen LogP contribution is 2.31. The fourth-order valence-electron chi connectivity index (χ4n) is 2.46. The molecule has 0 aromatic carbocycles. The fourth-order valence-corrected chi connectivity index (χ4v) is 2.46. The van der Waals surface area contributed by atoms with Crippen LogP contribution in [0.4, 0.5) is 11.6 Å². The van der Waals surface area contributed by atoms with E-state index in [0.717, 1.165) is 41.9 Å². The second kappa shape index (κ2) is 6.22. The Hall–Kier alpha value is -1.32. The number of nitrogens with one attached hydrogen (secondary N) is 2. The van der Waals surface area contributed by atoms with E-state index >= 15 is 0 Å². The minimum absolute atomic E-state index is 0.501. The number of aromatic nitrogens is 2. The lowest BCUT2D eigenvalue weighted by molar-refractivity contribution is 0.285. The molecule has 1 heterocycles. The summed E-state index contributed by atoms with van der Waals surface area (Å²) in [6.07, 6.45) is 5.17. The molecule has 19 heavy (non-hydrogen) atoms. The maximum atomic E-state index is 4.56. The van der Waals surface area contributed by atoms with Gasteiger partial charge in [0.05, 0.1) is 0 Å². The molecule has 1 aromatic heterocycles. The van der Waals surface area contributed by atoms with Gasteiger partial charge in [0, 0.05) is 18.2 Å². The Morgan fingerprint density at radius 2 is 1.89 bits per heavy atom. The Bertz CT molecular complexity index is 426. The molecule has 1 atom stereocenters. The van der Waals surface area contributed by atoms with Crippen molar-refractivity contribution < 1.29 is 0 Å². The minimum Gasteiger partial charge on any atom is -0.370 e. The maximum absolute atomic E-state index is 4.56. The van der Waals surface area contributed by atoms with Gasteiger partial charge in [0.15, 0.2) is 0 Å². The van der Waals surface area contributed by atoms with E-state index in [4.69, 9.17) is 0 Å². The quantitative estimate of drug-likeness (QED) is 0.823. The maximum Gasteiger partial charge on any atom is 0.134 e. The average molecular weight is 262 g/mol. The number of hydrogen-bond donors (Lipinski definition) is 2. The lowest BCUT2D eigenvalue weighted by Crippen LogP contribution is -2.31. The molecular formula is C15H26N4. The van der Waals surface area contributed by atoms with Crippen LogP contribution in [0.2, 0.25) is 0 Å². The van der Waals surface area contributed by atoms with Crippen molar-refractivity contribution in [1.29, 1.82) is 0 Å². The largest absolute Gasteiger partial charge is 0.370 e. The smallest absolute Gasteiger partial charge is 0.134 e. The Labute approximate surface area is 116 Å². The van der Waals surface area contributed by atoms with Gasteiger partial charge < -0.3 is 10.6 Å². The Morgan fingerprint density at radius 1 is 1.21 bits per heavy atom. The van der Waals surface area contributed by atoms with Crippen molar-refractivity contribution in [1.82, 2.24) is 9.97 Å². The normalized spacial score (nSPS) is 16.8. The van der Waals surface area contributed by atoms with Crippen LogP contribution >= 0.6 is 0 Å². The summed E-state index contributed by atoms with van der Waals surface area (Å²) in [6.45, 7) is 9.42. The van der Waals surface area contributed by atoms with Crippen molar-refractivity contribution in [2.75, 3.05) is 17.2 Å². The molecule has 2 N–H and O–H groups in total. The van der Waals surface area contributed by atoms with E-state index < -0.39 is 0 Å². The molecule has 2 rings (SSSR count). The summed E-state index contributed by atoms with van der Waals surface area (Å²) in [6, 6.07) is 0.501. The van der Waals surface area contributed by atoms with Gasteiger partial charge in [0.2, 0.25) is 0 Å². The SMILES string of the molecule is CCCNc1nc(C)nc(NC(C)C2CCC2)c1C. The first-order chi connectivity index (χ1) is 9.11. The molecule has 0 saturated heterocycles. The summed E-state index contributed by atoms with van der Waals surface area (Å²) in [5, 5.41) is 6.96. The van der Waals surface area contributed by atoms with Crippen molar-refractivity contribution in [3.63, 3.8) is 0 Å². The molecule has 0 radical (unpaired) electrons. The first kappa shape index (κ1) is 14.1. The zero-order valence-corrected chi connectivity index (χ0v) is 12.6. The molecule has 1 fully saturated rings. The van der Waals surface area contributed by atoms with Crippen molar-refractivity contribution >= 4 is 11.6 Å². The molecule has 0 spiro atoms. The third-order valence-electron chi connectivity index (χ3n) is 4.02. The zero-order valence-electron chi connectivity index (χ0n) is 12.6. The van der Waals surface area contributed by atoms with E-state index in [1.165, 1.54) is 19.3 Å². The van der Waals surface area contributed by atoms with E-state index in [9.17, 15) is 0 Å². The van der Waals surface area contributed by atoms with Gasteiger partial charge in [-0.2, -0.15) is 0 Å². The fraction of sp³-hybridized carbons (Fsp3) is 0.733. The third-order valence-corrected chi connectivity index (χ3v) is 4.02. The van der Waals surface area contributed by atoms with Gasteiger partial charge in [-0.05, 0) is 46.0 Å². The number of rotatable bonds is 6. The van der Waals surface area contributed by atoms with Gasteiger partial charge in [0.1, 0.15) is 17.5 Å². The summed E-state index contributed by atoms with van der Waals surface area (Å²) in [5.74, 6) is 3.59. The first-order valence-electron chi connectivity index (χ1n) is 7.47. The van der Waals surface area contributed by atoms with E-state index in [1.54, 1.807) is 0 Å². The van der Waals surface area contributed by atoms with Crippen LogP contribution in [0.5, 0.6) is 0 Å². The van der Waals surface area contributed by atoms with Crippen LogP contribution in [0.3, 0.4) is 0 Å². The van der Waals surface area contributed by atoms with Gasteiger partial charge in [-0.15, -0.1) is 0 Å². The van der Waals surface area contributed by atoms with Crippen molar-refractivity contribution in [2.45, 2.75) is 59.4 Å². The van der Waals surface area contributed by atoms with Crippen LogP contribution < -0.4 is 10.6 Å². The van der Waals surface area contributed by atoms with Crippen LogP contribution in [-0.2, 0) is 0 Å². The highest BCUT2D eigenvalue weighted by molar-refractivity contribution is 5.57. The average Bonchev–Trinajstić information content (AvgIpc) is 2.29. The Balaban J connectivity index is 2.11. The van der Waals surface area contributed by atoms with Gasteiger partial charge in [-0.25, -0.2) is 9.97 Å². The molecule has 1 saturated carbocycles. The number of aryl methyl sites for hydroxylation is 1. The van der Waals surface area contributed by atoms with E-state index in [-0.39, 0.29) is 0 Å². The Kier molecular flexibility index (Phi) is 4.61. The molecule has 4 heteroatoms. The second-order valence-electron chi connectivity index (χ2n) is 5.64. The molecule has 1 aromatic rings. The summed E-state index contributed by atoms with van der Waals surface area (Å²) >= 11 is 0.